The minimum atomic E-state index is -0.609. The first-order chi connectivity index (χ1) is 9.19. The molecule has 2 N–H and O–H groups in total. The number of methoxy groups -OCH3 is 1. The van der Waals surface area contributed by atoms with Crippen LogP contribution >= 0.6 is 0 Å². The maximum Gasteiger partial charge on any atom is 0.341 e. The fourth-order valence-corrected chi connectivity index (χ4v) is 1.31. The topological polar surface area (TPSA) is 87.7 Å². The van der Waals surface area contributed by atoms with Gasteiger partial charge in [-0.3, -0.25) is 10.2 Å². The van der Waals surface area contributed by atoms with E-state index in [1.54, 1.807) is 30.3 Å². The first-order valence-electron chi connectivity index (χ1n) is 5.54. The average Bonchev–Trinajstić information content (AvgIpc) is 2.43. The Morgan fingerprint density at radius 3 is 2.58 bits per heavy atom. The summed E-state index contributed by atoms with van der Waals surface area (Å²) in [7, 11) is 1.37. The van der Waals surface area contributed by atoms with Crippen molar-refractivity contribution in [3.8, 4) is 0 Å². The van der Waals surface area contributed by atoms with Gasteiger partial charge in [0.15, 0.2) is 0 Å². The summed E-state index contributed by atoms with van der Waals surface area (Å²) in [4.78, 5) is 33.6. The molecule has 0 radical (unpaired) electrons. The van der Waals surface area contributed by atoms with E-state index in [0.29, 0.717) is 12.0 Å². The van der Waals surface area contributed by atoms with Crippen molar-refractivity contribution in [3.63, 3.8) is 0 Å². The summed E-state index contributed by atoms with van der Waals surface area (Å²) < 4.78 is 4.67. The Morgan fingerprint density at radius 2 is 2.00 bits per heavy atom. The van der Waals surface area contributed by atoms with Gasteiger partial charge >= 0.3 is 6.03 Å². The first-order valence-corrected chi connectivity index (χ1v) is 5.54. The van der Waals surface area contributed by atoms with Gasteiger partial charge in [-0.25, -0.2) is 9.80 Å². The number of para-hydroxylation sites is 1. The minimum Gasteiger partial charge on any atom is -0.375 e. The molecule has 1 rings (SSSR count). The van der Waals surface area contributed by atoms with Gasteiger partial charge in [0, 0.05) is 7.11 Å². The van der Waals surface area contributed by atoms with Crippen LogP contribution in [-0.4, -0.2) is 38.5 Å². The third-order valence-corrected chi connectivity index (χ3v) is 2.07. The number of anilines is 1. The highest BCUT2D eigenvalue weighted by Crippen LogP contribution is 2.10. The van der Waals surface area contributed by atoms with Crippen molar-refractivity contribution in [2.24, 2.45) is 0 Å². The lowest BCUT2D eigenvalue weighted by molar-refractivity contribution is -0.124. The number of nitrogens with zero attached hydrogens (tertiary/aromatic N) is 1. The maximum atomic E-state index is 11.8. The van der Waals surface area contributed by atoms with E-state index in [0.717, 1.165) is 5.01 Å². The Hall–Kier alpha value is -2.41. The lowest BCUT2D eigenvalue weighted by atomic mass is 10.3. The summed E-state index contributed by atoms with van der Waals surface area (Å²) in [5, 5.41) is 3.36. The molecule has 0 aromatic heterocycles. The van der Waals surface area contributed by atoms with Crippen LogP contribution in [0, 0.1) is 0 Å². The molecule has 0 saturated carbocycles. The van der Waals surface area contributed by atoms with Gasteiger partial charge in [-0.15, -0.1) is 0 Å². The maximum absolute atomic E-state index is 11.8. The number of hydrogen-bond acceptors (Lipinski definition) is 4. The summed E-state index contributed by atoms with van der Waals surface area (Å²) in [5.41, 5.74) is 2.85. The molecule has 0 heterocycles. The summed E-state index contributed by atoms with van der Waals surface area (Å²) in [5.74, 6) is -0.479. The van der Waals surface area contributed by atoms with E-state index in [2.05, 4.69) is 15.5 Å². The number of benzene rings is 1. The van der Waals surface area contributed by atoms with Gasteiger partial charge in [0.05, 0.1) is 12.2 Å². The van der Waals surface area contributed by atoms with Gasteiger partial charge in [-0.05, 0) is 12.1 Å². The van der Waals surface area contributed by atoms with E-state index in [-0.39, 0.29) is 13.2 Å². The molecule has 3 amide bonds. The normalized spacial score (nSPS) is 9.53. The highest BCUT2D eigenvalue weighted by Gasteiger charge is 2.17. The van der Waals surface area contributed by atoms with Gasteiger partial charge in [-0.1, -0.05) is 18.2 Å². The van der Waals surface area contributed by atoms with Crippen LogP contribution in [0.4, 0.5) is 10.5 Å². The molecule has 0 aliphatic heterocycles. The number of nitrogens with one attached hydrogen (secondary N) is 2. The second-order valence-electron chi connectivity index (χ2n) is 3.49. The lowest BCUT2D eigenvalue weighted by Gasteiger charge is -2.23. The van der Waals surface area contributed by atoms with Crippen LogP contribution in [0.3, 0.4) is 0 Å². The van der Waals surface area contributed by atoms with E-state index in [1.807, 2.05) is 0 Å². The zero-order valence-corrected chi connectivity index (χ0v) is 10.5. The number of ether oxygens (including phenoxy) is 1. The van der Waals surface area contributed by atoms with Gasteiger partial charge in [-0.2, -0.15) is 0 Å². The summed E-state index contributed by atoms with van der Waals surface area (Å²) in [6.07, 6.45) is 0.554. The highest BCUT2D eigenvalue weighted by molar-refractivity contribution is 5.96. The van der Waals surface area contributed by atoms with Crippen LogP contribution < -0.4 is 15.8 Å². The molecule has 1 aromatic carbocycles. The molecule has 19 heavy (non-hydrogen) atoms. The van der Waals surface area contributed by atoms with Crippen LogP contribution in [0.15, 0.2) is 30.3 Å². The smallest absolute Gasteiger partial charge is 0.341 e. The van der Waals surface area contributed by atoms with E-state index in [9.17, 15) is 14.4 Å². The third-order valence-electron chi connectivity index (χ3n) is 2.07. The lowest BCUT2D eigenvalue weighted by Crippen LogP contribution is -2.52. The predicted octanol–water partition coefficient (Wildman–Crippen LogP) is 0.0791. The van der Waals surface area contributed by atoms with Gasteiger partial charge in [0.1, 0.15) is 12.9 Å². The largest absolute Gasteiger partial charge is 0.375 e. The average molecular weight is 265 g/mol. The number of hydrazine groups is 1. The number of hydrogen-bond donors (Lipinski definition) is 2. The van der Waals surface area contributed by atoms with Crippen molar-refractivity contribution in [1.29, 1.82) is 0 Å². The van der Waals surface area contributed by atoms with Crippen LogP contribution in [0.25, 0.3) is 0 Å². The Labute approximate surface area is 110 Å². The standard InChI is InChI=1S/C12H15N3O4/c1-19-9-11(17)14-15(12(18)13-7-8-16)10-5-3-2-4-6-10/h2-6,8H,7,9H2,1H3,(H,13,18)(H,14,17). The molecular formula is C12H15N3O4. The molecule has 0 bridgehead atoms. The Kier molecular flexibility index (Phi) is 6.04. The zero-order valence-electron chi connectivity index (χ0n) is 10.5. The van der Waals surface area contributed by atoms with Crippen molar-refractivity contribution in [2.75, 3.05) is 25.3 Å². The fraction of sp³-hybridized carbons (Fsp3) is 0.250. The van der Waals surface area contributed by atoms with Crippen LogP contribution in [0.1, 0.15) is 0 Å². The number of carbonyl (C=O) groups is 3. The zero-order chi connectivity index (χ0) is 14.1. The van der Waals surface area contributed by atoms with Crippen molar-refractivity contribution in [3.05, 3.63) is 30.3 Å². The van der Waals surface area contributed by atoms with E-state index in [4.69, 9.17) is 0 Å². The summed E-state index contributed by atoms with van der Waals surface area (Å²) >= 11 is 0. The summed E-state index contributed by atoms with van der Waals surface area (Å²) in [6, 6.07) is 7.90. The van der Waals surface area contributed by atoms with Gasteiger partial charge in [0.2, 0.25) is 0 Å². The predicted molar refractivity (Wildman–Crippen MR) is 68.4 cm³/mol. The molecule has 0 spiro atoms. The van der Waals surface area contributed by atoms with E-state index in [1.165, 1.54) is 7.11 Å². The molecule has 0 aliphatic carbocycles. The molecule has 0 aliphatic rings. The van der Waals surface area contributed by atoms with Crippen molar-refractivity contribution in [1.82, 2.24) is 10.7 Å². The quantitative estimate of drug-likeness (QED) is 0.583. The monoisotopic (exact) mass is 265 g/mol. The summed E-state index contributed by atoms with van der Waals surface area (Å²) in [6.45, 7) is -0.313. The van der Waals surface area contributed by atoms with Crippen LogP contribution in [-0.2, 0) is 14.3 Å². The fourth-order valence-electron chi connectivity index (χ4n) is 1.31. The Balaban J connectivity index is 2.81. The van der Waals surface area contributed by atoms with E-state index < -0.39 is 11.9 Å². The molecular weight excluding hydrogens is 250 g/mol. The Bertz CT molecular complexity index is 436. The Morgan fingerprint density at radius 1 is 1.32 bits per heavy atom. The van der Waals surface area contributed by atoms with Crippen LogP contribution in [0.5, 0.6) is 0 Å². The third kappa shape index (κ3) is 4.76. The van der Waals surface area contributed by atoms with Crippen molar-refractivity contribution >= 4 is 23.9 Å². The number of rotatable bonds is 5. The molecule has 0 saturated heterocycles. The van der Waals surface area contributed by atoms with Crippen molar-refractivity contribution < 1.29 is 19.1 Å². The number of amides is 3. The first kappa shape index (κ1) is 14.7. The van der Waals surface area contributed by atoms with Crippen LogP contribution in [0.2, 0.25) is 0 Å². The highest BCUT2D eigenvalue weighted by atomic mass is 16.5. The molecule has 0 unspecified atom stereocenters. The number of aldehydes is 1. The second-order valence-corrected chi connectivity index (χ2v) is 3.49. The molecule has 102 valence electrons. The molecule has 0 fully saturated rings. The number of urea groups is 1. The molecule has 1 aromatic rings. The minimum absolute atomic E-state index is 0.137. The van der Waals surface area contributed by atoms with Gasteiger partial charge < -0.3 is 14.8 Å². The van der Waals surface area contributed by atoms with Gasteiger partial charge in [0.25, 0.3) is 5.91 Å². The molecule has 7 nitrogen and oxygen atoms in total. The number of carbonyl (C=O) groups excluding carboxylic acids is 3. The van der Waals surface area contributed by atoms with Crippen molar-refractivity contribution in [2.45, 2.75) is 0 Å². The SMILES string of the molecule is COCC(=O)NN(C(=O)NCC=O)c1ccccc1. The molecule has 0 atom stereocenters. The molecule has 7 heteroatoms. The second kappa shape index (κ2) is 7.83. The van der Waals surface area contributed by atoms with E-state index >= 15 is 0 Å².